The molecule has 2 aromatic rings. The molecule has 0 aliphatic carbocycles. The van der Waals surface area contributed by atoms with E-state index < -0.39 is 21.7 Å². The zero-order valence-electron chi connectivity index (χ0n) is 11.9. The van der Waals surface area contributed by atoms with Gasteiger partial charge in [-0.3, -0.25) is 0 Å². The van der Waals surface area contributed by atoms with Crippen LogP contribution in [0, 0.1) is 11.6 Å². The van der Waals surface area contributed by atoms with Crippen molar-refractivity contribution in [3.63, 3.8) is 0 Å². The van der Waals surface area contributed by atoms with Gasteiger partial charge in [-0.25, -0.2) is 21.9 Å². The highest BCUT2D eigenvalue weighted by Crippen LogP contribution is 2.33. The van der Waals surface area contributed by atoms with E-state index in [1.165, 1.54) is 24.3 Å². The van der Waals surface area contributed by atoms with E-state index in [1.807, 2.05) is 0 Å². The van der Waals surface area contributed by atoms with Crippen LogP contribution in [0.2, 0.25) is 0 Å². The Bertz CT molecular complexity index is 839. The van der Waals surface area contributed by atoms with Gasteiger partial charge in [-0.05, 0) is 30.2 Å². The van der Waals surface area contributed by atoms with Crippen molar-refractivity contribution in [3.05, 3.63) is 53.6 Å². The van der Waals surface area contributed by atoms with Crippen molar-refractivity contribution in [1.29, 1.82) is 0 Å². The lowest BCUT2D eigenvalue weighted by molar-refractivity contribution is 0.174. The molecule has 1 aliphatic rings. The molecule has 2 aromatic carbocycles. The molecule has 0 bridgehead atoms. The summed E-state index contributed by atoms with van der Waals surface area (Å²) in [5.41, 5.74) is 0.236. The standard InChI is InChI=1S/C15H13F2NO4S/c16-11-2-1-10(13(17)7-11)5-6-18-23(19,20)12-3-4-14-15(8-12)22-9-21-14/h1-4,7-8,18H,5-6,9H2. The van der Waals surface area contributed by atoms with Crippen LogP contribution in [0.1, 0.15) is 5.56 Å². The number of halogens is 2. The molecule has 23 heavy (non-hydrogen) atoms. The number of hydrogen-bond donors (Lipinski definition) is 1. The van der Waals surface area contributed by atoms with Gasteiger partial charge in [0, 0.05) is 18.7 Å². The fourth-order valence-electron chi connectivity index (χ4n) is 2.17. The fraction of sp³-hybridized carbons (Fsp3) is 0.200. The third kappa shape index (κ3) is 3.43. The van der Waals surface area contributed by atoms with Crippen LogP contribution >= 0.6 is 0 Å². The topological polar surface area (TPSA) is 64.6 Å². The Balaban J connectivity index is 1.67. The molecule has 1 N–H and O–H groups in total. The zero-order chi connectivity index (χ0) is 16.4. The number of ether oxygens (including phenoxy) is 2. The highest BCUT2D eigenvalue weighted by molar-refractivity contribution is 7.89. The van der Waals surface area contributed by atoms with E-state index in [-0.39, 0.29) is 30.2 Å². The molecule has 0 saturated heterocycles. The molecule has 0 saturated carbocycles. The number of benzene rings is 2. The highest BCUT2D eigenvalue weighted by atomic mass is 32.2. The molecular formula is C15H13F2NO4S. The maximum Gasteiger partial charge on any atom is 0.240 e. The first kappa shape index (κ1) is 15.7. The van der Waals surface area contributed by atoms with Crippen LogP contribution in [0.3, 0.4) is 0 Å². The van der Waals surface area contributed by atoms with Crippen LogP contribution in [0.15, 0.2) is 41.3 Å². The molecule has 0 spiro atoms. The number of sulfonamides is 1. The maximum absolute atomic E-state index is 13.5. The third-order valence-electron chi connectivity index (χ3n) is 3.36. The van der Waals surface area contributed by atoms with E-state index in [2.05, 4.69) is 4.72 Å². The van der Waals surface area contributed by atoms with E-state index >= 15 is 0 Å². The molecular weight excluding hydrogens is 328 g/mol. The number of hydrogen-bond acceptors (Lipinski definition) is 4. The largest absolute Gasteiger partial charge is 0.454 e. The Hall–Kier alpha value is -2.19. The fourth-order valence-corrected chi connectivity index (χ4v) is 3.22. The second-order valence-corrected chi connectivity index (χ2v) is 6.67. The van der Waals surface area contributed by atoms with Crippen molar-refractivity contribution >= 4 is 10.0 Å². The van der Waals surface area contributed by atoms with E-state index in [4.69, 9.17) is 9.47 Å². The first-order chi connectivity index (χ1) is 11.0. The van der Waals surface area contributed by atoms with E-state index in [9.17, 15) is 17.2 Å². The molecule has 0 unspecified atom stereocenters. The Morgan fingerprint density at radius 3 is 2.61 bits per heavy atom. The molecule has 1 aliphatic heterocycles. The molecule has 8 heteroatoms. The molecule has 0 radical (unpaired) electrons. The Labute approximate surface area is 131 Å². The quantitative estimate of drug-likeness (QED) is 0.906. The predicted octanol–water partition coefficient (Wildman–Crippen LogP) is 2.21. The molecule has 122 valence electrons. The van der Waals surface area contributed by atoms with E-state index in [1.54, 1.807) is 0 Å². The van der Waals surface area contributed by atoms with Gasteiger partial charge in [-0.15, -0.1) is 0 Å². The lowest BCUT2D eigenvalue weighted by Crippen LogP contribution is -2.26. The smallest absolute Gasteiger partial charge is 0.240 e. The highest BCUT2D eigenvalue weighted by Gasteiger charge is 2.20. The first-order valence-corrected chi connectivity index (χ1v) is 8.27. The molecule has 3 rings (SSSR count). The first-order valence-electron chi connectivity index (χ1n) is 6.79. The van der Waals surface area contributed by atoms with Gasteiger partial charge in [0.25, 0.3) is 0 Å². The summed E-state index contributed by atoms with van der Waals surface area (Å²) in [5.74, 6) is -0.533. The van der Waals surface area contributed by atoms with Crippen molar-refractivity contribution in [2.45, 2.75) is 11.3 Å². The van der Waals surface area contributed by atoms with Crippen LogP contribution < -0.4 is 14.2 Å². The van der Waals surface area contributed by atoms with Crippen LogP contribution in [0.5, 0.6) is 11.5 Å². The Morgan fingerprint density at radius 1 is 1.04 bits per heavy atom. The summed E-state index contributed by atoms with van der Waals surface area (Å²) in [5, 5.41) is 0. The van der Waals surface area contributed by atoms with Gasteiger partial charge in [0.15, 0.2) is 11.5 Å². The van der Waals surface area contributed by atoms with Crippen LogP contribution in [-0.2, 0) is 16.4 Å². The van der Waals surface area contributed by atoms with E-state index in [0.29, 0.717) is 11.5 Å². The minimum absolute atomic E-state index is 0.0146. The van der Waals surface area contributed by atoms with Crippen molar-refractivity contribution < 1.29 is 26.7 Å². The molecule has 0 atom stereocenters. The summed E-state index contributed by atoms with van der Waals surface area (Å²) in [6.45, 7) is 0.0371. The molecule has 1 heterocycles. The lowest BCUT2D eigenvalue weighted by Gasteiger charge is -2.08. The van der Waals surface area contributed by atoms with Gasteiger partial charge >= 0.3 is 0 Å². The Kier molecular flexibility index (Phi) is 4.18. The summed E-state index contributed by atoms with van der Waals surface area (Å²) in [7, 11) is -3.76. The van der Waals surface area contributed by atoms with E-state index in [0.717, 1.165) is 12.1 Å². The van der Waals surface area contributed by atoms with Crippen molar-refractivity contribution in [2.75, 3.05) is 13.3 Å². The minimum atomic E-state index is -3.76. The van der Waals surface area contributed by atoms with Gasteiger partial charge in [0.1, 0.15) is 11.6 Å². The number of rotatable bonds is 5. The molecule has 0 amide bonds. The van der Waals surface area contributed by atoms with Gasteiger partial charge in [-0.1, -0.05) is 6.07 Å². The minimum Gasteiger partial charge on any atom is -0.454 e. The normalized spacial score (nSPS) is 13.3. The van der Waals surface area contributed by atoms with Crippen LogP contribution in [0.25, 0.3) is 0 Å². The Morgan fingerprint density at radius 2 is 1.83 bits per heavy atom. The number of nitrogens with one attached hydrogen (secondary N) is 1. The van der Waals surface area contributed by atoms with Gasteiger partial charge in [-0.2, -0.15) is 0 Å². The van der Waals surface area contributed by atoms with Crippen molar-refractivity contribution in [2.24, 2.45) is 0 Å². The molecule has 0 aromatic heterocycles. The van der Waals surface area contributed by atoms with Gasteiger partial charge in [0.05, 0.1) is 4.90 Å². The average molecular weight is 341 g/mol. The summed E-state index contributed by atoms with van der Waals surface area (Å²) >= 11 is 0. The SMILES string of the molecule is O=S(=O)(NCCc1ccc(F)cc1F)c1ccc2c(c1)OCO2. The molecule has 0 fully saturated rings. The van der Waals surface area contributed by atoms with Crippen LogP contribution in [-0.4, -0.2) is 21.8 Å². The number of fused-ring (bicyclic) bond motifs is 1. The summed E-state index contributed by atoms with van der Waals surface area (Å²) < 4.78 is 63.3. The summed E-state index contributed by atoms with van der Waals surface area (Å²) in [6, 6.07) is 7.46. The van der Waals surface area contributed by atoms with Crippen molar-refractivity contribution in [1.82, 2.24) is 4.72 Å². The predicted molar refractivity (Wildman–Crippen MR) is 77.8 cm³/mol. The third-order valence-corrected chi connectivity index (χ3v) is 4.81. The second-order valence-electron chi connectivity index (χ2n) is 4.90. The summed E-state index contributed by atoms with van der Waals surface area (Å²) in [4.78, 5) is 0.0290. The lowest BCUT2D eigenvalue weighted by atomic mass is 10.1. The maximum atomic E-state index is 13.5. The van der Waals surface area contributed by atoms with Gasteiger partial charge in [0.2, 0.25) is 16.8 Å². The van der Waals surface area contributed by atoms with Crippen LogP contribution in [0.4, 0.5) is 8.78 Å². The molecule has 5 nitrogen and oxygen atoms in total. The zero-order valence-corrected chi connectivity index (χ0v) is 12.7. The second kappa shape index (κ2) is 6.13. The van der Waals surface area contributed by atoms with Gasteiger partial charge < -0.3 is 9.47 Å². The monoisotopic (exact) mass is 341 g/mol. The van der Waals surface area contributed by atoms with Crippen molar-refractivity contribution in [3.8, 4) is 11.5 Å². The average Bonchev–Trinajstić information content (AvgIpc) is 2.97. The summed E-state index contributed by atoms with van der Waals surface area (Å²) in [6.07, 6.45) is 0.107.